The van der Waals surface area contributed by atoms with Gasteiger partial charge in [-0.2, -0.15) is 0 Å². The Bertz CT molecular complexity index is 987. The van der Waals surface area contributed by atoms with Gasteiger partial charge in [0.15, 0.2) is 21.3 Å². The third kappa shape index (κ3) is 4.69. The summed E-state index contributed by atoms with van der Waals surface area (Å²) in [6.45, 7) is 0. The number of hydrogen-bond acceptors (Lipinski definition) is 5. The Balaban J connectivity index is 2.44. The lowest BCUT2D eigenvalue weighted by Crippen LogP contribution is -2.22. The van der Waals surface area contributed by atoms with Crippen molar-refractivity contribution in [1.29, 1.82) is 0 Å². The molecule has 2 aromatic rings. The van der Waals surface area contributed by atoms with Crippen LogP contribution in [0.25, 0.3) is 6.08 Å². The zero-order chi connectivity index (χ0) is 19.5. The molecule has 0 aliphatic rings. The quantitative estimate of drug-likeness (QED) is 0.704. The number of nitrogens with two attached hydrogens (primary N) is 1. The number of phenolic OH excluding ortho intramolecular Hbond substituents is 1. The number of amides is 1. The van der Waals surface area contributed by atoms with Gasteiger partial charge in [0.1, 0.15) is 4.91 Å². The second-order valence-corrected chi connectivity index (χ2v) is 8.10. The van der Waals surface area contributed by atoms with Gasteiger partial charge in [0.25, 0.3) is 5.91 Å². The lowest BCUT2D eigenvalue weighted by Gasteiger charge is -2.09. The molecule has 0 aliphatic carbocycles. The molecule has 0 fully saturated rings. The first-order valence-corrected chi connectivity index (χ1v) is 9.60. The van der Waals surface area contributed by atoms with E-state index in [0.717, 1.165) is 6.08 Å². The summed E-state index contributed by atoms with van der Waals surface area (Å²) in [5.74, 6) is -1.65. The Morgan fingerprint density at radius 1 is 1.23 bits per heavy atom. The molecule has 0 unspecified atom stereocenters. The highest BCUT2D eigenvalue weighted by atomic mass is 35.5. The maximum Gasteiger partial charge on any atom is 0.260 e. The number of carbonyl (C=O) groups excluding carboxylic acids is 1. The molecular weight excluding hydrogens is 401 g/mol. The van der Waals surface area contributed by atoms with E-state index in [2.05, 4.69) is 0 Å². The predicted molar refractivity (Wildman–Crippen MR) is 101 cm³/mol. The molecule has 2 aromatic carbocycles. The number of primary amides is 1. The van der Waals surface area contributed by atoms with Gasteiger partial charge in [-0.25, -0.2) is 8.42 Å². The van der Waals surface area contributed by atoms with Crippen molar-refractivity contribution in [3.05, 3.63) is 62.5 Å². The highest BCUT2D eigenvalue weighted by molar-refractivity contribution is 7.95. The van der Waals surface area contributed by atoms with Crippen molar-refractivity contribution < 1.29 is 23.1 Å². The van der Waals surface area contributed by atoms with Crippen LogP contribution in [0.5, 0.6) is 11.5 Å². The molecule has 0 radical (unpaired) electrons. The van der Waals surface area contributed by atoms with Gasteiger partial charge in [0.2, 0.25) is 0 Å². The fraction of sp³-hybridized carbons (Fsp3) is 0.118. The number of benzene rings is 2. The van der Waals surface area contributed by atoms with Gasteiger partial charge in [0.05, 0.1) is 12.9 Å². The summed E-state index contributed by atoms with van der Waals surface area (Å²) in [6.07, 6.45) is 1.08. The van der Waals surface area contributed by atoms with Gasteiger partial charge in [0, 0.05) is 10.0 Å². The van der Waals surface area contributed by atoms with Crippen molar-refractivity contribution in [2.24, 2.45) is 5.73 Å². The molecule has 0 heterocycles. The average Bonchev–Trinajstić information content (AvgIpc) is 2.55. The Kier molecular flexibility index (Phi) is 6.17. The first kappa shape index (κ1) is 20.1. The number of ether oxygens (including phenoxy) is 1. The Morgan fingerprint density at radius 2 is 1.92 bits per heavy atom. The van der Waals surface area contributed by atoms with E-state index in [4.69, 9.17) is 33.7 Å². The number of aromatic hydroxyl groups is 1. The van der Waals surface area contributed by atoms with Crippen LogP contribution in [0.3, 0.4) is 0 Å². The Hall–Kier alpha value is -2.22. The topological polar surface area (TPSA) is 107 Å². The molecule has 0 saturated carbocycles. The summed E-state index contributed by atoms with van der Waals surface area (Å²) in [5, 5.41) is 10.3. The summed E-state index contributed by atoms with van der Waals surface area (Å²) >= 11 is 11.8. The van der Waals surface area contributed by atoms with Crippen LogP contribution in [0.1, 0.15) is 11.1 Å². The third-order valence-electron chi connectivity index (χ3n) is 3.44. The van der Waals surface area contributed by atoms with Gasteiger partial charge in [-0.15, -0.1) is 0 Å². The third-order valence-corrected chi connectivity index (χ3v) is 5.71. The molecule has 0 aromatic heterocycles. The van der Waals surface area contributed by atoms with Gasteiger partial charge < -0.3 is 15.6 Å². The highest BCUT2D eigenvalue weighted by Gasteiger charge is 2.24. The number of phenols is 1. The minimum absolute atomic E-state index is 0.159. The van der Waals surface area contributed by atoms with Crippen LogP contribution < -0.4 is 10.5 Å². The van der Waals surface area contributed by atoms with Crippen LogP contribution in [0.2, 0.25) is 10.0 Å². The fourth-order valence-electron chi connectivity index (χ4n) is 2.18. The molecule has 6 nitrogen and oxygen atoms in total. The zero-order valence-electron chi connectivity index (χ0n) is 13.6. The molecule has 9 heteroatoms. The van der Waals surface area contributed by atoms with Crippen molar-refractivity contribution in [2.75, 3.05) is 7.11 Å². The lowest BCUT2D eigenvalue weighted by atomic mass is 10.2. The van der Waals surface area contributed by atoms with E-state index in [1.54, 1.807) is 0 Å². The molecule has 1 amide bonds. The number of sulfone groups is 1. The monoisotopic (exact) mass is 415 g/mol. The van der Waals surface area contributed by atoms with E-state index in [0.29, 0.717) is 5.02 Å². The van der Waals surface area contributed by atoms with E-state index in [-0.39, 0.29) is 27.6 Å². The van der Waals surface area contributed by atoms with Crippen LogP contribution in [0.15, 0.2) is 41.3 Å². The van der Waals surface area contributed by atoms with E-state index in [1.807, 2.05) is 0 Å². The summed E-state index contributed by atoms with van der Waals surface area (Å²) in [6, 6.07) is 8.53. The van der Waals surface area contributed by atoms with E-state index >= 15 is 0 Å². The molecule has 0 atom stereocenters. The lowest BCUT2D eigenvalue weighted by molar-refractivity contribution is -0.113. The Labute approximate surface area is 160 Å². The smallest absolute Gasteiger partial charge is 0.260 e. The van der Waals surface area contributed by atoms with Crippen molar-refractivity contribution in [3.63, 3.8) is 0 Å². The van der Waals surface area contributed by atoms with Gasteiger partial charge in [-0.05, 0) is 41.5 Å². The first-order chi connectivity index (χ1) is 12.1. The van der Waals surface area contributed by atoms with Crippen LogP contribution in [-0.4, -0.2) is 26.5 Å². The van der Waals surface area contributed by atoms with Crippen LogP contribution in [0.4, 0.5) is 0 Å². The van der Waals surface area contributed by atoms with Gasteiger partial charge in [-0.3, -0.25) is 4.79 Å². The molecular formula is C17H15Cl2NO5S. The highest BCUT2D eigenvalue weighted by Crippen LogP contribution is 2.29. The summed E-state index contributed by atoms with van der Waals surface area (Å²) in [5.41, 5.74) is 5.80. The SMILES string of the molecule is COc1ccc(/C=C(\C(N)=O)S(=O)(=O)Cc2ccc(Cl)cc2Cl)cc1O. The maximum absolute atomic E-state index is 12.6. The number of halogens is 2. The van der Waals surface area contributed by atoms with Crippen molar-refractivity contribution >= 4 is 45.0 Å². The van der Waals surface area contributed by atoms with E-state index in [9.17, 15) is 18.3 Å². The standard InChI is InChI=1S/C17H15Cl2NO5S/c1-25-15-5-2-10(6-14(15)21)7-16(17(20)22)26(23,24)9-11-3-4-12(18)8-13(11)19/h2-8,21H,9H2,1H3,(H2,20,22)/b16-7+. The summed E-state index contributed by atoms with van der Waals surface area (Å²) in [7, 11) is -2.72. The number of rotatable bonds is 6. The van der Waals surface area contributed by atoms with E-state index < -0.39 is 26.4 Å². The molecule has 0 saturated heterocycles. The normalized spacial score (nSPS) is 12.0. The molecule has 2 rings (SSSR count). The minimum Gasteiger partial charge on any atom is -0.504 e. The second-order valence-electron chi connectivity index (χ2n) is 5.30. The summed E-state index contributed by atoms with van der Waals surface area (Å²) < 4.78 is 30.2. The molecule has 138 valence electrons. The minimum atomic E-state index is -4.09. The molecule has 0 spiro atoms. The van der Waals surface area contributed by atoms with Crippen molar-refractivity contribution in [3.8, 4) is 11.5 Å². The molecule has 0 bridgehead atoms. The van der Waals surface area contributed by atoms with Gasteiger partial charge in [-0.1, -0.05) is 35.3 Å². The van der Waals surface area contributed by atoms with Gasteiger partial charge >= 0.3 is 0 Å². The zero-order valence-corrected chi connectivity index (χ0v) is 15.9. The number of hydrogen-bond donors (Lipinski definition) is 2. The van der Waals surface area contributed by atoms with Crippen molar-refractivity contribution in [2.45, 2.75) is 5.75 Å². The van der Waals surface area contributed by atoms with Crippen LogP contribution in [-0.2, 0) is 20.4 Å². The first-order valence-electron chi connectivity index (χ1n) is 7.19. The van der Waals surface area contributed by atoms with Crippen molar-refractivity contribution in [1.82, 2.24) is 0 Å². The second kappa shape index (κ2) is 7.99. The number of carbonyl (C=O) groups is 1. The van der Waals surface area contributed by atoms with Crippen LogP contribution in [0, 0.1) is 0 Å². The largest absolute Gasteiger partial charge is 0.504 e. The maximum atomic E-state index is 12.6. The molecule has 26 heavy (non-hydrogen) atoms. The average molecular weight is 416 g/mol. The fourth-order valence-corrected chi connectivity index (χ4v) is 4.18. The van der Waals surface area contributed by atoms with E-state index in [1.165, 1.54) is 43.5 Å². The molecule has 3 N–H and O–H groups in total. The number of methoxy groups -OCH3 is 1. The van der Waals surface area contributed by atoms with Crippen LogP contribution >= 0.6 is 23.2 Å². The summed E-state index contributed by atoms with van der Waals surface area (Å²) in [4.78, 5) is 11.1. The molecule has 0 aliphatic heterocycles. The Morgan fingerprint density at radius 3 is 2.46 bits per heavy atom. The predicted octanol–water partition coefficient (Wildman–Crippen LogP) is 3.15.